The van der Waals surface area contributed by atoms with Crippen molar-refractivity contribution < 1.29 is 14.4 Å². The Balaban J connectivity index is 1.67. The lowest BCUT2D eigenvalue weighted by Gasteiger charge is -2.27. The molecule has 2 aliphatic rings. The molecule has 1 saturated carbocycles. The standard InChI is InChI=1S/C19H24ClN3O3/c1-12-7-9-13(10-8-12)21-16(24)11-23-17(25)19(2,22-18(23)26)14-5-3-4-6-15(14)20/h3-6,12-13H,7-11H2,1-2H3,(H,21,24)(H,22,26). The molecule has 1 saturated heterocycles. The van der Waals surface area contributed by atoms with Crippen LogP contribution in [0.5, 0.6) is 0 Å². The van der Waals surface area contributed by atoms with Crippen LogP contribution < -0.4 is 10.6 Å². The lowest BCUT2D eigenvalue weighted by atomic mass is 9.87. The number of urea groups is 1. The smallest absolute Gasteiger partial charge is 0.325 e. The Hall–Kier alpha value is -2.08. The number of carbonyl (C=O) groups is 3. The molecule has 7 heteroatoms. The highest BCUT2D eigenvalue weighted by Gasteiger charge is 2.50. The van der Waals surface area contributed by atoms with E-state index in [1.165, 1.54) is 0 Å². The Bertz CT molecular complexity index is 730. The van der Waals surface area contributed by atoms with Crippen LogP contribution in [0.4, 0.5) is 4.79 Å². The van der Waals surface area contributed by atoms with Crippen LogP contribution in [0.2, 0.25) is 5.02 Å². The molecule has 4 amide bonds. The summed E-state index contributed by atoms with van der Waals surface area (Å²) in [6.45, 7) is 3.53. The minimum absolute atomic E-state index is 0.120. The molecule has 6 nitrogen and oxygen atoms in total. The third-order valence-corrected chi connectivity index (χ3v) is 5.70. The SMILES string of the molecule is CC1CCC(NC(=O)CN2C(=O)NC(C)(c3ccccc3Cl)C2=O)CC1. The molecule has 140 valence electrons. The number of hydrogen-bond donors (Lipinski definition) is 2. The zero-order valence-corrected chi connectivity index (χ0v) is 15.8. The largest absolute Gasteiger partial charge is 0.352 e. The summed E-state index contributed by atoms with van der Waals surface area (Å²) in [7, 11) is 0. The van der Waals surface area contributed by atoms with Crippen molar-refractivity contribution in [3.8, 4) is 0 Å². The highest BCUT2D eigenvalue weighted by Crippen LogP contribution is 2.33. The van der Waals surface area contributed by atoms with Crippen LogP contribution in [0, 0.1) is 5.92 Å². The van der Waals surface area contributed by atoms with Crippen LogP contribution in [0.1, 0.15) is 45.1 Å². The van der Waals surface area contributed by atoms with Crippen LogP contribution in [0.25, 0.3) is 0 Å². The maximum Gasteiger partial charge on any atom is 0.325 e. The van der Waals surface area contributed by atoms with Gasteiger partial charge in [-0.1, -0.05) is 36.7 Å². The fourth-order valence-corrected chi connectivity index (χ4v) is 4.04. The van der Waals surface area contributed by atoms with Gasteiger partial charge in [-0.15, -0.1) is 0 Å². The molecule has 1 aromatic carbocycles. The minimum atomic E-state index is -1.27. The summed E-state index contributed by atoms with van der Waals surface area (Å²) in [5.74, 6) is -0.0927. The van der Waals surface area contributed by atoms with Gasteiger partial charge in [0, 0.05) is 16.6 Å². The number of amides is 4. The number of nitrogens with zero attached hydrogens (tertiary/aromatic N) is 1. The van der Waals surface area contributed by atoms with Crippen molar-refractivity contribution in [1.82, 2.24) is 15.5 Å². The van der Waals surface area contributed by atoms with Crippen molar-refractivity contribution in [2.45, 2.75) is 51.1 Å². The number of hydrogen-bond acceptors (Lipinski definition) is 3. The minimum Gasteiger partial charge on any atom is -0.352 e. The van der Waals surface area contributed by atoms with Gasteiger partial charge in [-0.05, 0) is 44.6 Å². The zero-order chi connectivity index (χ0) is 18.9. The first-order valence-electron chi connectivity index (χ1n) is 8.99. The molecule has 3 rings (SSSR count). The zero-order valence-electron chi connectivity index (χ0n) is 15.0. The number of imide groups is 1. The highest BCUT2D eigenvalue weighted by atomic mass is 35.5. The lowest BCUT2D eigenvalue weighted by Crippen LogP contribution is -2.46. The van der Waals surface area contributed by atoms with Crippen LogP contribution in [-0.4, -0.2) is 35.3 Å². The van der Waals surface area contributed by atoms with Crippen LogP contribution in [-0.2, 0) is 15.1 Å². The third-order valence-electron chi connectivity index (χ3n) is 5.37. The first-order valence-corrected chi connectivity index (χ1v) is 9.37. The number of rotatable bonds is 4. The van der Waals surface area contributed by atoms with E-state index < -0.39 is 17.5 Å². The Morgan fingerprint density at radius 3 is 2.58 bits per heavy atom. The van der Waals surface area contributed by atoms with Gasteiger partial charge in [0.1, 0.15) is 12.1 Å². The molecule has 26 heavy (non-hydrogen) atoms. The summed E-state index contributed by atoms with van der Waals surface area (Å²) in [5.41, 5.74) is -0.750. The van der Waals surface area contributed by atoms with Gasteiger partial charge in [-0.3, -0.25) is 14.5 Å². The average Bonchev–Trinajstić information content (AvgIpc) is 2.81. The van der Waals surface area contributed by atoms with Gasteiger partial charge in [-0.2, -0.15) is 0 Å². The van der Waals surface area contributed by atoms with Crippen LogP contribution >= 0.6 is 11.6 Å². The predicted molar refractivity (Wildman–Crippen MR) is 98.6 cm³/mol. The van der Waals surface area contributed by atoms with E-state index in [0.29, 0.717) is 16.5 Å². The van der Waals surface area contributed by atoms with Gasteiger partial charge >= 0.3 is 6.03 Å². The number of carbonyl (C=O) groups excluding carboxylic acids is 3. The van der Waals surface area contributed by atoms with Gasteiger partial charge in [0.25, 0.3) is 5.91 Å². The normalized spacial score (nSPS) is 28.8. The summed E-state index contributed by atoms with van der Waals surface area (Å²) in [6, 6.07) is 6.42. The van der Waals surface area contributed by atoms with E-state index in [2.05, 4.69) is 17.6 Å². The fraction of sp³-hybridized carbons (Fsp3) is 0.526. The predicted octanol–water partition coefficient (Wildman–Crippen LogP) is 2.80. The monoisotopic (exact) mass is 377 g/mol. The maximum absolute atomic E-state index is 12.9. The quantitative estimate of drug-likeness (QED) is 0.792. The molecule has 1 atom stereocenters. The van der Waals surface area contributed by atoms with Gasteiger partial charge in [0.05, 0.1) is 0 Å². The highest BCUT2D eigenvalue weighted by molar-refractivity contribution is 6.32. The number of halogens is 1. The van der Waals surface area contributed by atoms with E-state index in [-0.39, 0.29) is 18.5 Å². The van der Waals surface area contributed by atoms with E-state index in [0.717, 1.165) is 30.6 Å². The average molecular weight is 378 g/mol. The topological polar surface area (TPSA) is 78.5 Å². The van der Waals surface area contributed by atoms with E-state index in [1.54, 1.807) is 31.2 Å². The van der Waals surface area contributed by atoms with Gasteiger partial charge in [0.15, 0.2) is 0 Å². The summed E-state index contributed by atoms with van der Waals surface area (Å²) in [6.07, 6.45) is 4.03. The van der Waals surface area contributed by atoms with Crippen molar-refractivity contribution in [1.29, 1.82) is 0 Å². The Kier molecular flexibility index (Phi) is 5.23. The molecular weight excluding hydrogens is 354 g/mol. The molecule has 1 aromatic rings. The summed E-state index contributed by atoms with van der Waals surface area (Å²) >= 11 is 6.20. The number of nitrogens with one attached hydrogen (secondary N) is 2. The van der Waals surface area contributed by atoms with E-state index in [9.17, 15) is 14.4 Å². The second-order valence-corrected chi connectivity index (χ2v) is 7.86. The third kappa shape index (κ3) is 3.56. The molecule has 1 unspecified atom stereocenters. The maximum atomic E-state index is 12.9. The van der Waals surface area contributed by atoms with Crippen LogP contribution in [0.3, 0.4) is 0 Å². The molecule has 1 aliphatic carbocycles. The lowest BCUT2D eigenvalue weighted by molar-refractivity contribution is -0.135. The first kappa shape index (κ1) is 18.7. The molecule has 1 aliphatic heterocycles. The summed E-state index contributed by atoms with van der Waals surface area (Å²) < 4.78 is 0. The van der Waals surface area contributed by atoms with Crippen LogP contribution in [0.15, 0.2) is 24.3 Å². The van der Waals surface area contributed by atoms with E-state index in [1.807, 2.05) is 0 Å². The molecule has 0 radical (unpaired) electrons. The molecule has 0 spiro atoms. The van der Waals surface area contributed by atoms with Crippen molar-refractivity contribution >= 4 is 29.4 Å². The van der Waals surface area contributed by atoms with E-state index >= 15 is 0 Å². The Labute approximate surface area is 158 Å². The Morgan fingerprint density at radius 1 is 1.27 bits per heavy atom. The Morgan fingerprint density at radius 2 is 1.92 bits per heavy atom. The second-order valence-electron chi connectivity index (χ2n) is 7.45. The number of benzene rings is 1. The molecule has 0 bridgehead atoms. The van der Waals surface area contributed by atoms with Crippen molar-refractivity contribution in [3.63, 3.8) is 0 Å². The van der Waals surface area contributed by atoms with E-state index in [4.69, 9.17) is 11.6 Å². The van der Waals surface area contributed by atoms with Gasteiger partial charge in [0.2, 0.25) is 5.91 Å². The fourth-order valence-electron chi connectivity index (χ4n) is 3.71. The molecule has 2 fully saturated rings. The molecule has 1 heterocycles. The first-order chi connectivity index (χ1) is 12.3. The molecule has 0 aromatic heterocycles. The van der Waals surface area contributed by atoms with Gasteiger partial charge in [-0.25, -0.2) is 4.79 Å². The molecule has 2 N–H and O–H groups in total. The summed E-state index contributed by atoms with van der Waals surface area (Å²) in [5, 5.41) is 6.02. The molecular formula is C19H24ClN3O3. The summed E-state index contributed by atoms with van der Waals surface area (Å²) in [4.78, 5) is 38.5. The van der Waals surface area contributed by atoms with Gasteiger partial charge < -0.3 is 10.6 Å². The van der Waals surface area contributed by atoms with Crippen molar-refractivity contribution in [2.75, 3.05) is 6.54 Å². The van der Waals surface area contributed by atoms with Crippen molar-refractivity contribution in [3.05, 3.63) is 34.9 Å². The van der Waals surface area contributed by atoms with Crippen molar-refractivity contribution in [2.24, 2.45) is 5.92 Å². The second kappa shape index (κ2) is 7.27.